The summed E-state index contributed by atoms with van der Waals surface area (Å²) in [4.78, 5) is 26.1. The van der Waals surface area contributed by atoms with Gasteiger partial charge >= 0.3 is 5.97 Å². The smallest absolute Gasteiger partial charge is 0.340 e. The molecule has 9 nitrogen and oxygen atoms in total. The minimum Gasteiger partial charge on any atom is -0.456 e. The van der Waals surface area contributed by atoms with Crippen LogP contribution in [-0.2, 0) is 37.8 Å². The van der Waals surface area contributed by atoms with E-state index in [0.29, 0.717) is 17.8 Å². The summed E-state index contributed by atoms with van der Waals surface area (Å²) >= 11 is 0. The van der Waals surface area contributed by atoms with Gasteiger partial charge in [0, 0.05) is 39.3 Å². The Morgan fingerprint density at radius 2 is 1.97 bits per heavy atom. The molecule has 1 saturated heterocycles. The van der Waals surface area contributed by atoms with Crippen molar-refractivity contribution in [3.63, 3.8) is 0 Å². The summed E-state index contributed by atoms with van der Waals surface area (Å²) in [6.07, 6.45) is -0.199. The molecule has 0 aliphatic carbocycles. The zero-order valence-corrected chi connectivity index (χ0v) is 22.0. The number of rotatable bonds is 10. The zero-order valence-electron chi connectivity index (χ0n) is 21.1. The minimum absolute atomic E-state index is 0.0328. The van der Waals surface area contributed by atoms with Crippen LogP contribution < -0.4 is 0 Å². The third-order valence-corrected chi connectivity index (χ3v) is 7.30. The molecule has 0 aromatic heterocycles. The number of methoxy groups -OCH3 is 1. The van der Waals surface area contributed by atoms with E-state index in [2.05, 4.69) is 0 Å². The van der Waals surface area contributed by atoms with Gasteiger partial charge in [0.15, 0.2) is 14.8 Å². The molecule has 7 atom stereocenters. The summed E-state index contributed by atoms with van der Waals surface area (Å²) in [6.45, 7) is 10.5. The number of esters is 1. The molecule has 0 saturated carbocycles. The summed E-state index contributed by atoms with van der Waals surface area (Å²) in [5.74, 6) is -1.74. The maximum atomic E-state index is 12.5. The number of nitrogens with zero attached hydrogens (tertiary/aromatic N) is 1. The summed E-state index contributed by atoms with van der Waals surface area (Å²) in [7, 11) is 5.26. The molecule has 33 heavy (non-hydrogen) atoms. The molecule has 0 spiro atoms. The van der Waals surface area contributed by atoms with Gasteiger partial charge in [-0.25, -0.2) is 4.79 Å². The molecule has 0 aromatic carbocycles. The molecule has 2 aliphatic heterocycles. The molecule has 188 valence electrons. The van der Waals surface area contributed by atoms with Crippen LogP contribution in [0, 0.1) is 5.92 Å². The SMILES string of the molecule is CO[C@](C)(CC=O)[C@H](O[C@@H]1OC(C)CC(N(C)C)C1P=O)[C@@H](C)C1=C(C)C(=O)OC(C)(C)O1. The van der Waals surface area contributed by atoms with E-state index in [4.69, 9.17) is 23.7 Å². The fraction of sp³-hybridized carbons (Fsp3) is 0.826. The van der Waals surface area contributed by atoms with Crippen LogP contribution >= 0.6 is 8.46 Å². The lowest BCUT2D eigenvalue weighted by Gasteiger charge is -2.46. The number of hydrogen-bond acceptors (Lipinski definition) is 9. The fourth-order valence-electron chi connectivity index (χ4n) is 4.53. The highest BCUT2D eigenvalue weighted by atomic mass is 31.1. The average Bonchev–Trinajstić information content (AvgIpc) is 2.73. The van der Waals surface area contributed by atoms with Crippen LogP contribution in [0.3, 0.4) is 0 Å². The second-order valence-corrected chi connectivity index (χ2v) is 10.6. The first-order chi connectivity index (χ1) is 15.3. The van der Waals surface area contributed by atoms with E-state index in [9.17, 15) is 14.2 Å². The predicted octanol–water partition coefficient (Wildman–Crippen LogP) is 3.31. The number of ether oxygens (including phenoxy) is 5. The van der Waals surface area contributed by atoms with E-state index in [1.165, 1.54) is 7.11 Å². The second kappa shape index (κ2) is 10.9. The standard InChI is InChI=1S/C23H38NO8P/c1-13-12-16(24(7)8)18(33-27)21(29-13)30-19(23(6,28-9)10-11-25)14(2)17-15(3)20(26)32-22(4,5)31-17/h11,13-14,16,18-19,21H,10,12H2,1-9H3/t13?,14-,16?,18?,19+,21-,23+/m0/s1. The van der Waals surface area contributed by atoms with Gasteiger partial charge in [-0.05, 0) is 41.3 Å². The maximum absolute atomic E-state index is 12.5. The van der Waals surface area contributed by atoms with E-state index in [1.807, 2.05) is 32.8 Å². The lowest BCUT2D eigenvalue weighted by Crippen LogP contribution is -2.57. The Hall–Kier alpha value is -1.38. The van der Waals surface area contributed by atoms with Crippen molar-refractivity contribution in [2.24, 2.45) is 5.92 Å². The zero-order chi connectivity index (χ0) is 25.1. The normalized spacial score (nSPS) is 31.5. The molecule has 0 bridgehead atoms. The van der Waals surface area contributed by atoms with Crippen molar-refractivity contribution in [3.8, 4) is 0 Å². The van der Waals surface area contributed by atoms with Crippen molar-refractivity contribution in [3.05, 3.63) is 11.3 Å². The predicted molar refractivity (Wildman–Crippen MR) is 122 cm³/mol. The van der Waals surface area contributed by atoms with Crippen LogP contribution in [0.4, 0.5) is 0 Å². The highest BCUT2D eigenvalue weighted by molar-refractivity contribution is 7.24. The maximum Gasteiger partial charge on any atom is 0.340 e. The Bertz CT molecular complexity index is 770. The van der Waals surface area contributed by atoms with Crippen LogP contribution in [0.2, 0.25) is 0 Å². The molecule has 0 N–H and O–H groups in total. The molecule has 2 aliphatic rings. The first-order valence-corrected chi connectivity index (χ1v) is 12.1. The first-order valence-electron chi connectivity index (χ1n) is 11.2. The van der Waals surface area contributed by atoms with Gasteiger partial charge in [-0.1, -0.05) is 6.92 Å². The molecular formula is C23H38NO8P. The first kappa shape index (κ1) is 27.9. The average molecular weight is 488 g/mol. The Morgan fingerprint density at radius 1 is 1.33 bits per heavy atom. The van der Waals surface area contributed by atoms with Gasteiger partial charge in [0.1, 0.15) is 17.7 Å². The van der Waals surface area contributed by atoms with Gasteiger partial charge in [-0.15, -0.1) is 0 Å². The van der Waals surface area contributed by atoms with Gasteiger partial charge in [0.05, 0.1) is 23.4 Å². The van der Waals surface area contributed by atoms with Gasteiger partial charge in [-0.3, -0.25) is 4.57 Å². The molecule has 0 amide bonds. The molecule has 2 heterocycles. The highest BCUT2D eigenvalue weighted by Gasteiger charge is 2.49. The number of carbonyl (C=O) groups is 2. The summed E-state index contributed by atoms with van der Waals surface area (Å²) in [5, 5.41) is 0. The van der Waals surface area contributed by atoms with Crippen molar-refractivity contribution in [1.82, 2.24) is 4.90 Å². The molecule has 1 fully saturated rings. The van der Waals surface area contributed by atoms with Gasteiger partial charge < -0.3 is 33.4 Å². The number of hydrogen-bond donors (Lipinski definition) is 0. The Morgan fingerprint density at radius 3 is 2.48 bits per heavy atom. The topological polar surface area (TPSA) is 101 Å². The van der Waals surface area contributed by atoms with E-state index in [0.717, 1.165) is 6.29 Å². The van der Waals surface area contributed by atoms with Crippen LogP contribution in [-0.4, -0.2) is 79.9 Å². The van der Waals surface area contributed by atoms with Crippen molar-refractivity contribution in [2.75, 3.05) is 21.2 Å². The van der Waals surface area contributed by atoms with Gasteiger partial charge in [-0.2, -0.15) is 0 Å². The lowest BCUT2D eigenvalue weighted by atomic mass is 9.84. The Labute approximate surface area is 198 Å². The Balaban J connectivity index is 2.51. The number of carbonyl (C=O) groups excluding carboxylic acids is 2. The molecule has 3 unspecified atom stereocenters. The van der Waals surface area contributed by atoms with Crippen LogP contribution in [0.25, 0.3) is 0 Å². The van der Waals surface area contributed by atoms with E-state index >= 15 is 0 Å². The third kappa shape index (κ3) is 6.20. The molecule has 2 rings (SSSR count). The van der Waals surface area contributed by atoms with Crippen molar-refractivity contribution < 1.29 is 37.8 Å². The Kier molecular flexibility index (Phi) is 9.21. The molecule has 10 heteroatoms. The van der Waals surface area contributed by atoms with E-state index < -0.39 is 41.3 Å². The molecular weight excluding hydrogens is 449 g/mol. The minimum atomic E-state index is -1.15. The third-order valence-electron chi connectivity index (χ3n) is 6.47. The summed E-state index contributed by atoms with van der Waals surface area (Å²) < 4.78 is 42.0. The van der Waals surface area contributed by atoms with E-state index in [-0.39, 0.29) is 27.0 Å². The van der Waals surface area contributed by atoms with Gasteiger partial charge in [0.25, 0.3) is 0 Å². The number of cyclic esters (lactones) is 1. The summed E-state index contributed by atoms with van der Waals surface area (Å²) in [5.41, 5.74) is -1.19. The quantitative estimate of drug-likeness (QED) is 0.261. The lowest BCUT2D eigenvalue weighted by molar-refractivity contribution is -0.264. The van der Waals surface area contributed by atoms with Crippen LogP contribution in [0.15, 0.2) is 11.3 Å². The van der Waals surface area contributed by atoms with E-state index in [1.54, 1.807) is 27.7 Å². The van der Waals surface area contributed by atoms with Crippen LogP contribution in [0.5, 0.6) is 0 Å². The van der Waals surface area contributed by atoms with Crippen molar-refractivity contribution in [1.29, 1.82) is 0 Å². The second-order valence-electron chi connectivity index (χ2n) is 9.79. The number of aldehydes is 1. The van der Waals surface area contributed by atoms with Crippen LogP contribution in [0.1, 0.15) is 54.4 Å². The highest BCUT2D eigenvalue weighted by Crippen LogP contribution is 2.40. The van der Waals surface area contributed by atoms with Crippen molar-refractivity contribution in [2.45, 2.75) is 96.0 Å². The largest absolute Gasteiger partial charge is 0.456 e. The van der Waals surface area contributed by atoms with Gasteiger partial charge in [0.2, 0.25) is 5.79 Å². The summed E-state index contributed by atoms with van der Waals surface area (Å²) in [6, 6.07) is -0.0328. The molecule has 0 radical (unpaired) electrons. The monoisotopic (exact) mass is 487 g/mol. The molecule has 0 aromatic rings. The fourth-order valence-corrected chi connectivity index (χ4v) is 5.29. The van der Waals surface area contributed by atoms with Crippen molar-refractivity contribution >= 4 is 20.7 Å².